The standard InChI is InChI=1S/C2H4ClNO.CCl2O/c1-4-2(3)5;2-1(3)4/h1H3,(H,4,5);. The van der Waals surface area contributed by atoms with Crippen LogP contribution in [-0.4, -0.2) is 17.1 Å². The molecule has 0 saturated heterocycles. The van der Waals surface area contributed by atoms with E-state index < -0.39 is 10.1 Å². The number of carbonyl (C=O) groups excluding carboxylic acids is 2. The molecule has 0 atom stereocenters. The number of nitrogens with one attached hydrogen (secondary N) is 1. The Balaban J connectivity index is 0. The van der Waals surface area contributed by atoms with E-state index >= 15 is 0 Å². The SMILES string of the molecule is CNC(=O)Cl.O=C(Cl)Cl. The molecule has 0 unspecified atom stereocenters. The van der Waals surface area contributed by atoms with Crippen LogP contribution in [0.4, 0.5) is 9.59 Å². The highest BCUT2D eigenvalue weighted by atomic mass is 35.5. The van der Waals surface area contributed by atoms with Crippen molar-refractivity contribution in [2.75, 3.05) is 7.05 Å². The first kappa shape index (κ1) is 11.8. The first-order valence-electron chi connectivity index (χ1n) is 1.73. The van der Waals surface area contributed by atoms with Crippen LogP contribution in [0.25, 0.3) is 0 Å². The fourth-order valence-corrected chi connectivity index (χ4v) is 0. The largest absolute Gasteiger partial charge is 0.346 e. The van der Waals surface area contributed by atoms with Gasteiger partial charge in [-0.05, 0) is 34.8 Å². The third-order valence-electron chi connectivity index (χ3n) is 0.197. The minimum atomic E-state index is -0.889. The van der Waals surface area contributed by atoms with Gasteiger partial charge < -0.3 is 5.32 Å². The van der Waals surface area contributed by atoms with Crippen LogP contribution in [-0.2, 0) is 0 Å². The van der Waals surface area contributed by atoms with E-state index in [0.29, 0.717) is 0 Å². The van der Waals surface area contributed by atoms with E-state index in [2.05, 4.69) is 28.5 Å². The fraction of sp³-hybridized carbons (Fsp3) is 0.333. The van der Waals surface area contributed by atoms with E-state index in [0.717, 1.165) is 0 Å². The van der Waals surface area contributed by atoms with Crippen molar-refractivity contribution in [2.45, 2.75) is 0 Å². The zero-order valence-electron chi connectivity index (χ0n) is 4.45. The molecule has 0 aromatic carbocycles. The lowest BCUT2D eigenvalue weighted by Gasteiger charge is -1.76. The van der Waals surface area contributed by atoms with Crippen LogP contribution in [0, 0.1) is 0 Å². The van der Waals surface area contributed by atoms with Crippen molar-refractivity contribution < 1.29 is 9.59 Å². The minimum Gasteiger partial charge on any atom is -0.346 e. The Bertz CT molecular complexity index is 101. The molecule has 54 valence electrons. The third-order valence-corrected chi connectivity index (χ3v) is 0.386. The van der Waals surface area contributed by atoms with Gasteiger partial charge in [0.05, 0.1) is 0 Å². The number of halogens is 3. The Morgan fingerprint density at radius 3 is 1.33 bits per heavy atom. The summed E-state index contributed by atoms with van der Waals surface area (Å²) in [5.41, 5.74) is 0. The monoisotopic (exact) mass is 191 g/mol. The van der Waals surface area contributed by atoms with Gasteiger partial charge in [-0.25, -0.2) is 0 Å². The normalized spacial score (nSPS) is 6.67. The topological polar surface area (TPSA) is 46.2 Å². The summed E-state index contributed by atoms with van der Waals surface area (Å²) in [7, 11) is 1.47. The molecule has 0 fully saturated rings. The lowest BCUT2D eigenvalue weighted by atomic mass is 11.2. The summed E-state index contributed by atoms with van der Waals surface area (Å²) < 4.78 is -0.889. The average molecular weight is 192 g/mol. The molecule has 1 amide bonds. The summed E-state index contributed by atoms with van der Waals surface area (Å²) in [5, 5.41) is 1.63. The van der Waals surface area contributed by atoms with E-state index in [9.17, 15) is 4.79 Å². The van der Waals surface area contributed by atoms with Crippen molar-refractivity contribution in [1.82, 2.24) is 5.32 Å². The Morgan fingerprint density at radius 1 is 1.22 bits per heavy atom. The molecule has 6 heteroatoms. The van der Waals surface area contributed by atoms with Crippen LogP contribution in [0.1, 0.15) is 0 Å². The molecule has 0 rings (SSSR count). The van der Waals surface area contributed by atoms with Crippen molar-refractivity contribution in [3.63, 3.8) is 0 Å². The van der Waals surface area contributed by atoms with Crippen LogP contribution in [0.5, 0.6) is 0 Å². The molecule has 3 nitrogen and oxygen atoms in total. The number of hydrogen-bond acceptors (Lipinski definition) is 2. The molecule has 0 aromatic heterocycles. The van der Waals surface area contributed by atoms with Gasteiger partial charge in [-0.2, -0.15) is 0 Å². The average Bonchev–Trinajstić information content (AvgIpc) is 1.65. The summed E-state index contributed by atoms with van der Waals surface area (Å²) >= 11 is 13.5. The van der Waals surface area contributed by atoms with Gasteiger partial charge >= 0.3 is 10.1 Å². The van der Waals surface area contributed by atoms with Gasteiger partial charge in [-0.3, -0.25) is 9.59 Å². The molecule has 0 aliphatic heterocycles. The first-order chi connectivity index (χ1) is 4.00. The summed E-state index contributed by atoms with van der Waals surface area (Å²) in [5.74, 6) is 0. The zero-order valence-corrected chi connectivity index (χ0v) is 6.72. The summed E-state index contributed by atoms with van der Waals surface area (Å²) in [6.45, 7) is 0. The summed E-state index contributed by atoms with van der Waals surface area (Å²) in [6.07, 6.45) is 0. The number of amides is 1. The number of rotatable bonds is 0. The van der Waals surface area contributed by atoms with E-state index in [1.165, 1.54) is 7.05 Å². The lowest BCUT2D eigenvalue weighted by molar-refractivity contribution is 0.261. The molecule has 0 radical (unpaired) electrons. The van der Waals surface area contributed by atoms with Crippen LogP contribution in [0.3, 0.4) is 0 Å². The van der Waals surface area contributed by atoms with Crippen molar-refractivity contribution >= 4 is 44.9 Å². The van der Waals surface area contributed by atoms with E-state index in [1.807, 2.05) is 0 Å². The maximum atomic E-state index is 9.47. The molecule has 0 saturated carbocycles. The molecule has 0 aliphatic carbocycles. The maximum Gasteiger partial charge on any atom is 0.313 e. The van der Waals surface area contributed by atoms with E-state index in [4.69, 9.17) is 16.4 Å². The van der Waals surface area contributed by atoms with Gasteiger partial charge in [0.1, 0.15) is 0 Å². The Morgan fingerprint density at radius 2 is 1.33 bits per heavy atom. The van der Waals surface area contributed by atoms with E-state index in [1.54, 1.807) is 0 Å². The molecule has 0 spiro atoms. The highest BCUT2D eigenvalue weighted by Crippen LogP contribution is 1.84. The summed E-state index contributed by atoms with van der Waals surface area (Å²) in [6, 6.07) is 0. The fourth-order valence-electron chi connectivity index (χ4n) is 0. The molecule has 0 aliphatic rings. The Labute approximate surface area is 67.3 Å². The molecular formula is C3H4Cl3NO2. The van der Waals surface area contributed by atoms with Gasteiger partial charge in [-0.1, -0.05) is 0 Å². The quantitative estimate of drug-likeness (QED) is 0.472. The van der Waals surface area contributed by atoms with Gasteiger partial charge in [-0.15, -0.1) is 0 Å². The van der Waals surface area contributed by atoms with Crippen molar-refractivity contribution in [3.8, 4) is 0 Å². The van der Waals surface area contributed by atoms with Crippen LogP contribution in [0.15, 0.2) is 0 Å². The first-order valence-corrected chi connectivity index (χ1v) is 2.86. The molecule has 9 heavy (non-hydrogen) atoms. The zero-order chi connectivity index (χ0) is 7.86. The van der Waals surface area contributed by atoms with Gasteiger partial charge in [0.2, 0.25) is 0 Å². The molecule has 1 N–H and O–H groups in total. The van der Waals surface area contributed by atoms with Gasteiger partial charge in [0.25, 0.3) is 0 Å². The number of carbonyl (C=O) groups is 2. The smallest absolute Gasteiger partial charge is 0.313 e. The van der Waals surface area contributed by atoms with Crippen molar-refractivity contribution in [2.24, 2.45) is 0 Å². The highest BCUT2D eigenvalue weighted by molar-refractivity contribution is 6.93. The van der Waals surface area contributed by atoms with E-state index in [-0.39, 0.29) is 0 Å². The summed E-state index contributed by atoms with van der Waals surface area (Å²) in [4.78, 5) is 18.4. The molecule has 0 bridgehead atoms. The predicted molar refractivity (Wildman–Crippen MR) is 37.4 cm³/mol. The Kier molecular flexibility index (Phi) is 10.5. The Hall–Kier alpha value is 0.01000. The van der Waals surface area contributed by atoms with Crippen molar-refractivity contribution in [1.29, 1.82) is 0 Å². The molecule has 0 aromatic rings. The maximum absolute atomic E-state index is 9.47. The molecule has 0 heterocycles. The van der Waals surface area contributed by atoms with Crippen LogP contribution < -0.4 is 5.32 Å². The predicted octanol–water partition coefficient (Wildman–Crippen LogP) is 2.15. The third kappa shape index (κ3) is 71.6. The second-order valence-electron chi connectivity index (χ2n) is 0.749. The second-order valence-corrected chi connectivity index (χ2v) is 1.97. The lowest BCUT2D eigenvalue weighted by Crippen LogP contribution is -2.06. The molecular weight excluding hydrogens is 188 g/mol. The highest BCUT2D eigenvalue weighted by Gasteiger charge is 1.77. The second kappa shape index (κ2) is 8.01. The number of hydrogen-bond donors (Lipinski definition) is 1. The van der Waals surface area contributed by atoms with Gasteiger partial charge in [0, 0.05) is 7.05 Å². The minimum absolute atomic E-state index is 0.523. The van der Waals surface area contributed by atoms with Crippen molar-refractivity contribution in [3.05, 3.63) is 0 Å². The van der Waals surface area contributed by atoms with Gasteiger partial charge in [0.15, 0.2) is 0 Å². The van der Waals surface area contributed by atoms with Crippen LogP contribution >= 0.6 is 34.8 Å². The van der Waals surface area contributed by atoms with Crippen LogP contribution in [0.2, 0.25) is 0 Å².